The summed E-state index contributed by atoms with van der Waals surface area (Å²) in [5, 5.41) is 9.43. The molecule has 1 aromatic rings. The second-order valence-corrected chi connectivity index (χ2v) is 6.18. The van der Waals surface area contributed by atoms with Gasteiger partial charge in [-0.05, 0) is 61.8 Å². The molecule has 3 rings (SSSR count). The summed E-state index contributed by atoms with van der Waals surface area (Å²) in [5.41, 5.74) is 2.31. The van der Waals surface area contributed by atoms with Crippen molar-refractivity contribution >= 4 is 5.97 Å². The zero-order valence-corrected chi connectivity index (χ0v) is 11.9. The molecule has 1 aromatic carbocycles. The average Bonchev–Trinajstić information content (AvgIpc) is 3.07. The summed E-state index contributed by atoms with van der Waals surface area (Å²) in [7, 11) is 0. The van der Waals surface area contributed by atoms with Crippen molar-refractivity contribution in [1.82, 2.24) is 0 Å². The number of carboxylic acids is 1. The normalized spacial score (nSPS) is 19.8. The van der Waals surface area contributed by atoms with Crippen LogP contribution in [0.4, 0.5) is 0 Å². The van der Waals surface area contributed by atoms with Crippen molar-refractivity contribution in [2.75, 3.05) is 6.61 Å². The Morgan fingerprint density at radius 3 is 2.65 bits per heavy atom. The fourth-order valence-corrected chi connectivity index (χ4v) is 3.62. The highest BCUT2D eigenvalue weighted by atomic mass is 16.5. The summed E-state index contributed by atoms with van der Waals surface area (Å²) in [4.78, 5) is 11.5. The number of aliphatic carboxylic acids is 1. The van der Waals surface area contributed by atoms with Crippen molar-refractivity contribution in [2.24, 2.45) is 5.41 Å². The first-order valence-corrected chi connectivity index (χ1v) is 7.68. The van der Waals surface area contributed by atoms with Crippen LogP contribution in [0.25, 0.3) is 0 Å². The predicted molar refractivity (Wildman–Crippen MR) is 77.1 cm³/mol. The van der Waals surface area contributed by atoms with Gasteiger partial charge in [-0.15, -0.1) is 0 Å². The van der Waals surface area contributed by atoms with Gasteiger partial charge in [0.05, 0.1) is 12.0 Å². The Balaban J connectivity index is 1.58. The number of ether oxygens (including phenoxy) is 1. The predicted octanol–water partition coefficient (Wildman–Crippen LogP) is 3.59. The van der Waals surface area contributed by atoms with Crippen molar-refractivity contribution < 1.29 is 14.6 Å². The van der Waals surface area contributed by atoms with E-state index in [0.717, 1.165) is 37.9 Å². The van der Waals surface area contributed by atoms with Crippen LogP contribution in [-0.4, -0.2) is 17.7 Å². The minimum Gasteiger partial charge on any atom is -0.494 e. The van der Waals surface area contributed by atoms with Gasteiger partial charge in [0.2, 0.25) is 0 Å². The highest BCUT2D eigenvalue weighted by Gasteiger charge is 2.40. The molecule has 0 radical (unpaired) electrons. The Labute approximate surface area is 120 Å². The first-order valence-electron chi connectivity index (χ1n) is 7.68. The number of carboxylic acid groups (broad SMARTS) is 1. The molecule has 2 aliphatic rings. The van der Waals surface area contributed by atoms with Crippen molar-refractivity contribution in [3.05, 3.63) is 29.3 Å². The Morgan fingerprint density at radius 2 is 1.90 bits per heavy atom. The van der Waals surface area contributed by atoms with Crippen LogP contribution in [0, 0.1) is 5.41 Å². The maximum absolute atomic E-state index is 11.5. The van der Waals surface area contributed by atoms with E-state index in [1.807, 2.05) is 6.07 Å². The molecule has 3 nitrogen and oxygen atoms in total. The molecule has 0 atom stereocenters. The van der Waals surface area contributed by atoms with Gasteiger partial charge in [0.15, 0.2) is 0 Å². The van der Waals surface area contributed by atoms with Gasteiger partial charge in [-0.2, -0.15) is 0 Å². The van der Waals surface area contributed by atoms with E-state index in [2.05, 4.69) is 12.1 Å². The SMILES string of the molecule is O=C(O)C1(CCOc2ccc3c(c2)CCC3)CCCC1. The van der Waals surface area contributed by atoms with Gasteiger partial charge in [-0.25, -0.2) is 0 Å². The van der Waals surface area contributed by atoms with E-state index >= 15 is 0 Å². The Morgan fingerprint density at radius 1 is 1.15 bits per heavy atom. The van der Waals surface area contributed by atoms with E-state index in [1.165, 1.54) is 24.0 Å². The molecule has 20 heavy (non-hydrogen) atoms. The van der Waals surface area contributed by atoms with Gasteiger partial charge in [0.1, 0.15) is 5.75 Å². The third-order valence-electron chi connectivity index (χ3n) is 4.93. The van der Waals surface area contributed by atoms with Gasteiger partial charge in [0, 0.05) is 0 Å². The zero-order chi connectivity index (χ0) is 14.0. The Bertz CT molecular complexity index is 501. The van der Waals surface area contributed by atoms with Crippen LogP contribution in [0.5, 0.6) is 5.75 Å². The molecular formula is C17H22O3. The number of carbonyl (C=O) groups is 1. The molecule has 1 saturated carbocycles. The van der Waals surface area contributed by atoms with E-state index in [9.17, 15) is 9.90 Å². The average molecular weight is 274 g/mol. The number of hydrogen-bond donors (Lipinski definition) is 1. The van der Waals surface area contributed by atoms with E-state index in [1.54, 1.807) is 0 Å². The lowest BCUT2D eigenvalue weighted by Gasteiger charge is -2.23. The molecule has 0 bridgehead atoms. The fraction of sp³-hybridized carbons (Fsp3) is 0.588. The number of rotatable bonds is 5. The number of aryl methyl sites for hydroxylation is 2. The molecule has 0 aromatic heterocycles. The number of fused-ring (bicyclic) bond motifs is 1. The summed E-state index contributed by atoms with van der Waals surface area (Å²) < 4.78 is 5.81. The Hall–Kier alpha value is -1.51. The topological polar surface area (TPSA) is 46.5 Å². The van der Waals surface area contributed by atoms with E-state index in [0.29, 0.717) is 13.0 Å². The standard InChI is InChI=1S/C17H22O3/c18-16(19)17(8-1-2-9-17)10-11-20-15-7-6-13-4-3-5-14(13)12-15/h6-7,12H,1-5,8-11H2,(H,18,19). The first kappa shape index (κ1) is 13.5. The Kier molecular flexibility index (Phi) is 3.68. The minimum atomic E-state index is -0.646. The third-order valence-corrected chi connectivity index (χ3v) is 4.93. The highest BCUT2D eigenvalue weighted by Crippen LogP contribution is 2.41. The summed E-state index contributed by atoms with van der Waals surface area (Å²) in [6.07, 6.45) is 7.85. The molecule has 0 saturated heterocycles. The van der Waals surface area contributed by atoms with Crippen LogP contribution >= 0.6 is 0 Å². The second-order valence-electron chi connectivity index (χ2n) is 6.18. The van der Waals surface area contributed by atoms with Crippen LogP contribution in [0.2, 0.25) is 0 Å². The second kappa shape index (κ2) is 5.47. The summed E-state index contributed by atoms with van der Waals surface area (Å²) in [5.74, 6) is 0.247. The third kappa shape index (κ3) is 2.54. The lowest BCUT2D eigenvalue weighted by atomic mass is 9.83. The van der Waals surface area contributed by atoms with Crippen molar-refractivity contribution in [3.63, 3.8) is 0 Å². The molecule has 0 spiro atoms. The van der Waals surface area contributed by atoms with Crippen LogP contribution in [0.1, 0.15) is 49.7 Å². The van der Waals surface area contributed by atoms with Crippen molar-refractivity contribution in [3.8, 4) is 5.75 Å². The van der Waals surface area contributed by atoms with Gasteiger partial charge >= 0.3 is 5.97 Å². The van der Waals surface area contributed by atoms with Gasteiger partial charge in [-0.1, -0.05) is 18.9 Å². The van der Waals surface area contributed by atoms with Gasteiger partial charge in [-0.3, -0.25) is 4.79 Å². The van der Waals surface area contributed by atoms with Crippen LogP contribution in [0.15, 0.2) is 18.2 Å². The first-order chi connectivity index (χ1) is 9.70. The zero-order valence-electron chi connectivity index (χ0n) is 11.9. The maximum atomic E-state index is 11.5. The molecule has 108 valence electrons. The van der Waals surface area contributed by atoms with Gasteiger partial charge in [0.25, 0.3) is 0 Å². The fourth-order valence-electron chi connectivity index (χ4n) is 3.62. The van der Waals surface area contributed by atoms with Crippen LogP contribution < -0.4 is 4.74 Å². The van der Waals surface area contributed by atoms with Crippen molar-refractivity contribution in [2.45, 2.75) is 51.4 Å². The van der Waals surface area contributed by atoms with E-state index in [-0.39, 0.29) is 0 Å². The molecule has 1 fully saturated rings. The van der Waals surface area contributed by atoms with E-state index < -0.39 is 11.4 Å². The minimum absolute atomic E-state index is 0.505. The smallest absolute Gasteiger partial charge is 0.309 e. The largest absolute Gasteiger partial charge is 0.494 e. The molecule has 0 unspecified atom stereocenters. The molecule has 3 heteroatoms. The number of benzene rings is 1. The van der Waals surface area contributed by atoms with Gasteiger partial charge < -0.3 is 9.84 Å². The lowest BCUT2D eigenvalue weighted by molar-refractivity contribution is -0.149. The molecule has 2 aliphatic carbocycles. The summed E-state index contributed by atoms with van der Waals surface area (Å²) in [6.45, 7) is 0.505. The maximum Gasteiger partial charge on any atom is 0.309 e. The highest BCUT2D eigenvalue weighted by molar-refractivity contribution is 5.74. The summed E-state index contributed by atoms with van der Waals surface area (Å²) in [6, 6.07) is 6.30. The molecule has 0 heterocycles. The molecular weight excluding hydrogens is 252 g/mol. The molecule has 1 N–H and O–H groups in total. The number of hydrogen-bond acceptors (Lipinski definition) is 2. The molecule has 0 amide bonds. The lowest BCUT2D eigenvalue weighted by Crippen LogP contribution is -2.29. The quantitative estimate of drug-likeness (QED) is 0.892. The van der Waals surface area contributed by atoms with Crippen LogP contribution in [0.3, 0.4) is 0 Å². The van der Waals surface area contributed by atoms with E-state index in [4.69, 9.17) is 4.74 Å². The summed E-state index contributed by atoms with van der Waals surface area (Å²) >= 11 is 0. The van der Waals surface area contributed by atoms with Crippen molar-refractivity contribution in [1.29, 1.82) is 0 Å². The monoisotopic (exact) mass is 274 g/mol. The molecule has 0 aliphatic heterocycles. The van der Waals surface area contributed by atoms with Crippen LogP contribution in [-0.2, 0) is 17.6 Å².